The van der Waals surface area contributed by atoms with E-state index in [1.807, 2.05) is 7.05 Å². The molecule has 1 spiro atoms. The number of guanidine groups is 1. The Labute approximate surface area is 153 Å². The Morgan fingerprint density at radius 1 is 1.16 bits per heavy atom. The van der Waals surface area contributed by atoms with Crippen molar-refractivity contribution in [3.8, 4) is 0 Å². The standard InChI is InChI=1S/C19H37N3O3/c1-4-25-17-15-16(19(17)9-6-5-7-10-19)22-18(20-2)21-11-8-12-24-14-13-23-3/h16-17H,4-15H2,1-3H3,(H2,20,21,22). The van der Waals surface area contributed by atoms with Crippen LogP contribution in [0.5, 0.6) is 0 Å². The van der Waals surface area contributed by atoms with Gasteiger partial charge in [-0.2, -0.15) is 0 Å². The third-order valence-corrected chi connectivity index (χ3v) is 5.66. The summed E-state index contributed by atoms with van der Waals surface area (Å²) < 4.78 is 16.5. The van der Waals surface area contributed by atoms with Crippen molar-refractivity contribution in [2.24, 2.45) is 10.4 Å². The van der Waals surface area contributed by atoms with Gasteiger partial charge in [-0.25, -0.2) is 0 Å². The molecule has 0 aromatic rings. The Hall–Kier alpha value is -0.850. The minimum atomic E-state index is 0.315. The Morgan fingerprint density at radius 2 is 1.96 bits per heavy atom. The fourth-order valence-corrected chi connectivity index (χ4v) is 4.25. The van der Waals surface area contributed by atoms with Gasteiger partial charge in [0.15, 0.2) is 5.96 Å². The van der Waals surface area contributed by atoms with Crippen LogP contribution < -0.4 is 10.6 Å². The largest absolute Gasteiger partial charge is 0.382 e. The van der Waals surface area contributed by atoms with E-state index in [1.165, 1.54) is 32.1 Å². The molecule has 0 heterocycles. The maximum atomic E-state index is 6.03. The highest BCUT2D eigenvalue weighted by atomic mass is 16.5. The number of hydrogen-bond acceptors (Lipinski definition) is 4. The van der Waals surface area contributed by atoms with E-state index < -0.39 is 0 Å². The minimum Gasteiger partial charge on any atom is -0.382 e. The van der Waals surface area contributed by atoms with E-state index in [2.05, 4.69) is 22.5 Å². The number of ether oxygens (including phenoxy) is 3. The highest BCUT2D eigenvalue weighted by molar-refractivity contribution is 5.80. The SMILES string of the molecule is CCOC1CC(NC(=NC)NCCCOCCOC)C12CCCCC2. The second kappa shape index (κ2) is 11.0. The van der Waals surface area contributed by atoms with Crippen molar-refractivity contribution in [1.29, 1.82) is 0 Å². The summed E-state index contributed by atoms with van der Waals surface area (Å²) in [6.45, 7) is 5.84. The first-order valence-corrected chi connectivity index (χ1v) is 9.92. The van der Waals surface area contributed by atoms with Gasteiger partial charge in [-0.15, -0.1) is 0 Å². The second-order valence-corrected chi connectivity index (χ2v) is 7.13. The molecule has 2 aliphatic carbocycles. The highest BCUT2D eigenvalue weighted by Gasteiger charge is 2.55. The molecule has 0 amide bonds. The Kier molecular flexibility index (Phi) is 8.99. The molecule has 2 rings (SSSR count). The molecule has 0 aromatic carbocycles. The monoisotopic (exact) mass is 355 g/mol. The number of methoxy groups -OCH3 is 1. The first-order valence-electron chi connectivity index (χ1n) is 9.92. The van der Waals surface area contributed by atoms with Crippen LogP contribution in [-0.2, 0) is 14.2 Å². The van der Waals surface area contributed by atoms with Crippen molar-refractivity contribution < 1.29 is 14.2 Å². The van der Waals surface area contributed by atoms with E-state index >= 15 is 0 Å². The molecule has 0 aliphatic heterocycles. The van der Waals surface area contributed by atoms with Crippen molar-refractivity contribution in [2.75, 3.05) is 47.1 Å². The van der Waals surface area contributed by atoms with Gasteiger partial charge in [0.1, 0.15) is 0 Å². The maximum absolute atomic E-state index is 6.03. The van der Waals surface area contributed by atoms with Crippen LogP contribution in [0.25, 0.3) is 0 Å². The van der Waals surface area contributed by atoms with E-state index in [9.17, 15) is 0 Å². The zero-order chi connectivity index (χ0) is 18.0. The smallest absolute Gasteiger partial charge is 0.191 e. The quantitative estimate of drug-likeness (QED) is 0.358. The predicted octanol–water partition coefficient (Wildman–Crippen LogP) is 2.33. The molecule has 0 radical (unpaired) electrons. The molecule has 2 N–H and O–H groups in total. The summed E-state index contributed by atoms with van der Waals surface area (Å²) in [7, 11) is 3.53. The minimum absolute atomic E-state index is 0.315. The van der Waals surface area contributed by atoms with Gasteiger partial charge in [0.2, 0.25) is 0 Å². The van der Waals surface area contributed by atoms with Gasteiger partial charge < -0.3 is 24.8 Å². The molecule has 2 saturated carbocycles. The molecule has 0 bridgehead atoms. The average molecular weight is 356 g/mol. The second-order valence-electron chi connectivity index (χ2n) is 7.13. The number of rotatable bonds is 10. The highest BCUT2D eigenvalue weighted by Crippen LogP contribution is 2.53. The van der Waals surface area contributed by atoms with Crippen molar-refractivity contribution in [3.63, 3.8) is 0 Å². The normalized spacial score (nSPS) is 25.6. The molecule has 6 nitrogen and oxygen atoms in total. The van der Waals surface area contributed by atoms with Crippen LogP contribution >= 0.6 is 0 Å². The predicted molar refractivity (Wildman–Crippen MR) is 101 cm³/mol. The molecule has 0 aromatic heterocycles. The van der Waals surface area contributed by atoms with Crippen LogP contribution in [0.1, 0.15) is 51.9 Å². The van der Waals surface area contributed by atoms with Crippen molar-refractivity contribution in [2.45, 2.75) is 64.0 Å². The summed E-state index contributed by atoms with van der Waals surface area (Å²) in [6.07, 6.45) is 9.04. The van der Waals surface area contributed by atoms with Crippen molar-refractivity contribution in [1.82, 2.24) is 10.6 Å². The molecule has 25 heavy (non-hydrogen) atoms. The molecule has 146 valence electrons. The molecule has 2 aliphatic rings. The summed E-state index contributed by atoms with van der Waals surface area (Å²) in [6, 6.07) is 0.480. The summed E-state index contributed by atoms with van der Waals surface area (Å²) in [5, 5.41) is 7.08. The fourth-order valence-electron chi connectivity index (χ4n) is 4.25. The van der Waals surface area contributed by atoms with Crippen LogP contribution in [0.3, 0.4) is 0 Å². The van der Waals surface area contributed by atoms with Crippen molar-refractivity contribution >= 4 is 5.96 Å². The van der Waals surface area contributed by atoms with Crippen LogP contribution in [0, 0.1) is 5.41 Å². The number of nitrogens with one attached hydrogen (secondary N) is 2. The zero-order valence-electron chi connectivity index (χ0n) is 16.3. The van der Waals surface area contributed by atoms with E-state index in [4.69, 9.17) is 14.2 Å². The molecule has 2 fully saturated rings. The summed E-state index contributed by atoms with van der Waals surface area (Å²) in [5.74, 6) is 0.904. The molecular weight excluding hydrogens is 318 g/mol. The van der Waals surface area contributed by atoms with Gasteiger partial charge in [0.05, 0.1) is 19.3 Å². The number of hydrogen-bond donors (Lipinski definition) is 2. The van der Waals surface area contributed by atoms with Gasteiger partial charge >= 0.3 is 0 Å². The molecule has 0 saturated heterocycles. The lowest BCUT2D eigenvalue weighted by molar-refractivity contribution is -0.145. The van der Waals surface area contributed by atoms with Crippen LogP contribution in [-0.4, -0.2) is 65.2 Å². The molecule has 2 unspecified atom stereocenters. The number of nitrogens with zero attached hydrogens (tertiary/aromatic N) is 1. The first kappa shape index (κ1) is 20.5. The lowest BCUT2D eigenvalue weighted by Crippen LogP contribution is -2.66. The van der Waals surface area contributed by atoms with E-state index in [-0.39, 0.29) is 0 Å². The Bertz CT molecular complexity index is 397. The lowest BCUT2D eigenvalue weighted by Gasteiger charge is -2.57. The molecule has 2 atom stereocenters. The van der Waals surface area contributed by atoms with Gasteiger partial charge in [-0.3, -0.25) is 4.99 Å². The van der Waals surface area contributed by atoms with Crippen molar-refractivity contribution in [3.05, 3.63) is 0 Å². The van der Waals surface area contributed by atoms with Gasteiger partial charge in [-0.1, -0.05) is 19.3 Å². The van der Waals surface area contributed by atoms with Crippen LogP contribution in [0.2, 0.25) is 0 Å². The summed E-state index contributed by atoms with van der Waals surface area (Å²) in [5.41, 5.74) is 0.315. The third-order valence-electron chi connectivity index (χ3n) is 5.66. The Morgan fingerprint density at radius 3 is 2.64 bits per heavy atom. The average Bonchev–Trinajstić information content (AvgIpc) is 2.65. The maximum Gasteiger partial charge on any atom is 0.191 e. The lowest BCUT2D eigenvalue weighted by atomic mass is 9.55. The molecular formula is C19H37N3O3. The third kappa shape index (κ3) is 5.56. The van der Waals surface area contributed by atoms with E-state index in [1.54, 1.807) is 7.11 Å². The van der Waals surface area contributed by atoms with Gasteiger partial charge in [-0.05, 0) is 32.6 Å². The van der Waals surface area contributed by atoms with E-state index in [0.717, 1.165) is 38.6 Å². The summed E-state index contributed by atoms with van der Waals surface area (Å²) in [4.78, 5) is 4.40. The van der Waals surface area contributed by atoms with Gasteiger partial charge in [0, 0.05) is 45.4 Å². The zero-order valence-corrected chi connectivity index (χ0v) is 16.3. The number of aliphatic imine (C=N–C) groups is 1. The first-order chi connectivity index (χ1) is 12.3. The topological polar surface area (TPSA) is 64.1 Å². The van der Waals surface area contributed by atoms with Crippen LogP contribution in [0.4, 0.5) is 0 Å². The van der Waals surface area contributed by atoms with E-state index in [0.29, 0.717) is 30.8 Å². The molecule has 6 heteroatoms. The summed E-state index contributed by atoms with van der Waals surface area (Å²) >= 11 is 0. The van der Waals surface area contributed by atoms with Crippen LogP contribution in [0.15, 0.2) is 4.99 Å². The van der Waals surface area contributed by atoms with Gasteiger partial charge in [0.25, 0.3) is 0 Å². The fraction of sp³-hybridized carbons (Fsp3) is 0.947. The Balaban J connectivity index is 1.73.